The Morgan fingerprint density at radius 2 is 1.71 bits per heavy atom. The van der Waals surface area contributed by atoms with Gasteiger partial charge in [0.25, 0.3) is 0 Å². The molecule has 0 amide bonds. The summed E-state index contributed by atoms with van der Waals surface area (Å²) in [5, 5.41) is 28.3. The molecule has 152 valence electrons. The smallest absolute Gasteiger partial charge is 0.338 e. The second kappa shape index (κ2) is 9.91. The molecule has 7 nitrogen and oxygen atoms in total. The first-order valence-corrected chi connectivity index (χ1v) is 8.17. The lowest BCUT2D eigenvalue weighted by molar-refractivity contribution is -0.143. The van der Waals surface area contributed by atoms with Crippen LogP contribution < -0.4 is 5.73 Å². The highest BCUT2D eigenvalue weighted by molar-refractivity contribution is 5.89. The number of nitrogens with two attached hydrogens (primary N) is 1. The molecule has 28 heavy (non-hydrogen) atoms. The van der Waals surface area contributed by atoms with E-state index in [2.05, 4.69) is 0 Å². The number of ether oxygens (including phenoxy) is 1. The molecule has 0 unspecified atom stereocenters. The number of benzene rings is 2. The normalized spacial score (nSPS) is 12.5. The van der Waals surface area contributed by atoms with Crippen LogP contribution in [0.4, 0.5) is 4.39 Å². The molecule has 1 atom stereocenters. The highest BCUT2D eigenvalue weighted by Gasteiger charge is 2.34. The molecule has 0 spiro atoms. The summed E-state index contributed by atoms with van der Waals surface area (Å²) in [6, 6.07) is 8.82. The fourth-order valence-electron chi connectivity index (χ4n) is 2.54. The number of rotatable bonds is 8. The molecule has 2 aromatic carbocycles. The molecule has 2 rings (SSSR count). The number of phenols is 2. The first-order chi connectivity index (χ1) is 12.7. The van der Waals surface area contributed by atoms with Crippen LogP contribution >= 0.6 is 12.4 Å². The fourth-order valence-corrected chi connectivity index (χ4v) is 2.54. The fraction of sp³-hybridized carbons (Fsp3) is 0.263. The summed E-state index contributed by atoms with van der Waals surface area (Å²) in [5.74, 6) is -3.03. The Morgan fingerprint density at radius 1 is 1.07 bits per heavy atom. The summed E-state index contributed by atoms with van der Waals surface area (Å²) < 4.78 is 17.9. The third-order valence-electron chi connectivity index (χ3n) is 4.07. The van der Waals surface area contributed by atoms with Crippen LogP contribution in [0.15, 0.2) is 42.5 Å². The predicted octanol–water partition coefficient (Wildman–Crippen LogP) is 2.62. The highest BCUT2D eigenvalue weighted by atomic mass is 35.5. The van der Waals surface area contributed by atoms with Crippen molar-refractivity contribution in [2.24, 2.45) is 5.73 Å². The van der Waals surface area contributed by atoms with Gasteiger partial charge in [0, 0.05) is 6.42 Å². The summed E-state index contributed by atoms with van der Waals surface area (Å²) in [5.41, 5.74) is 4.98. The van der Waals surface area contributed by atoms with Crippen molar-refractivity contribution in [2.45, 2.75) is 24.8 Å². The van der Waals surface area contributed by atoms with E-state index < -0.39 is 23.3 Å². The summed E-state index contributed by atoms with van der Waals surface area (Å²) in [7, 11) is 0. The zero-order valence-electron chi connectivity index (χ0n) is 14.8. The molecule has 0 radical (unpaired) electrons. The maximum absolute atomic E-state index is 12.8. The number of aromatic hydroxyl groups is 2. The SMILES string of the molecule is Cl.N[C@@](CCCOC(=O)c1ccc(F)cc1)(Cc1ccc(O)c(O)c1)C(=O)O. The van der Waals surface area contributed by atoms with Gasteiger partial charge in [0.1, 0.15) is 11.4 Å². The van der Waals surface area contributed by atoms with Crippen LogP contribution in [0, 0.1) is 5.82 Å². The molecule has 0 aliphatic carbocycles. The second-order valence-corrected chi connectivity index (χ2v) is 6.21. The third-order valence-corrected chi connectivity index (χ3v) is 4.07. The Bertz CT molecular complexity index is 830. The monoisotopic (exact) mass is 413 g/mol. The lowest BCUT2D eigenvalue weighted by atomic mass is 9.87. The van der Waals surface area contributed by atoms with Crippen LogP contribution in [0.5, 0.6) is 11.5 Å². The molecule has 5 N–H and O–H groups in total. The van der Waals surface area contributed by atoms with Gasteiger partial charge in [-0.1, -0.05) is 6.07 Å². The van der Waals surface area contributed by atoms with Crippen LogP contribution in [-0.4, -0.2) is 39.4 Å². The number of carboxylic acids is 1. The summed E-state index contributed by atoms with van der Waals surface area (Å²) in [6.07, 6.45) is 0.128. The van der Waals surface area contributed by atoms with Crippen LogP contribution in [0.3, 0.4) is 0 Å². The van der Waals surface area contributed by atoms with Crippen molar-refractivity contribution in [2.75, 3.05) is 6.61 Å². The van der Waals surface area contributed by atoms with E-state index in [0.29, 0.717) is 5.56 Å². The largest absolute Gasteiger partial charge is 0.504 e. The molecule has 0 aliphatic rings. The molecular formula is C19H21ClFNO6. The summed E-state index contributed by atoms with van der Waals surface area (Å²) in [6.45, 7) is -0.0523. The van der Waals surface area contributed by atoms with Gasteiger partial charge >= 0.3 is 11.9 Å². The number of hydrogen-bond acceptors (Lipinski definition) is 6. The topological polar surface area (TPSA) is 130 Å². The van der Waals surface area contributed by atoms with Gasteiger partial charge in [0.05, 0.1) is 12.2 Å². The van der Waals surface area contributed by atoms with Crippen molar-refractivity contribution < 1.29 is 34.0 Å². The minimum absolute atomic E-state index is 0. The predicted molar refractivity (Wildman–Crippen MR) is 101 cm³/mol. The molecule has 0 bridgehead atoms. The lowest BCUT2D eigenvalue weighted by Crippen LogP contribution is -2.50. The Kier molecular flexibility index (Phi) is 8.21. The van der Waals surface area contributed by atoms with Crippen molar-refractivity contribution in [3.8, 4) is 11.5 Å². The summed E-state index contributed by atoms with van der Waals surface area (Å²) in [4.78, 5) is 23.4. The number of aliphatic carboxylic acids is 1. The zero-order valence-corrected chi connectivity index (χ0v) is 15.6. The molecule has 0 aliphatic heterocycles. The lowest BCUT2D eigenvalue weighted by Gasteiger charge is -2.25. The van der Waals surface area contributed by atoms with Crippen molar-refractivity contribution in [3.05, 3.63) is 59.4 Å². The van der Waals surface area contributed by atoms with Crippen molar-refractivity contribution in [1.29, 1.82) is 0 Å². The van der Waals surface area contributed by atoms with E-state index in [1.807, 2.05) is 0 Å². The van der Waals surface area contributed by atoms with Crippen LogP contribution in [0.25, 0.3) is 0 Å². The number of carbonyl (C=O) groups excluding carboxylic acids is 1. The zero-order chi connectivity index (χ0) is 20.0. The Labute approximate surface area is 167 Å². The molecule has 2 aromatic rings. The highest BCUT2D eigenvalue weighted by Crippen LogP contribution is 2.27. The molecule has 9 heteroatoms. The van der Waals surface area contributed by atoms with Gasteiger partial charge < -0.3 is 25.8 Å². The quantitative estimate of drug-likeness (QED) is 0.297. The van der Waals surface area contributed by atoms with Crippen LogP contribution in [-0.2, 0) is 16.0 Å². The first-order valence-electron chi connectivity index (χ1n) is 8.17. The van der Waals surface area contributed by atoms with Crippen LogP contribution in [0.1, 0.15) is 28.8 Å². The van der Waals surface area contributed by atoms with Crippen molar-refractivity contribution in [1.82, 2.24) is 0 Å². The number of hydrogen-bond donors (Lipinski definition) is 4. The number of halogens is 2. The van der Waals surface area contributed by atoms with E-state index >= 15 is 0 Å². The first kappa shape index (κ1) is 23.2. The Hall–Kier alpha value is -2.84. The minimum Gasteiger partial charge on any atom is -0.504 e. The molecule has 0 saturated carbocycles. The molecule has 0 heterocycles. The van der Waals surface area contributed by atoms with E-state index in [4.69, 9.17) is 10.5 Å². The average Bonchev–Trinajstić information content (AvgIpc) is 2.62. The minimum atomic E-state index is -1.63. The van der Waals surface area contributed by atoms with Crippen molar-refractivity contribution >= 4 is 24.3 Å². The number of esters is 1. The molecular weight excluding hydrogens is 393 g/mol. The molecule has 0 saturated heterocycles. The van der Waals surface area contributed by atoms with Gasteiger partial charge in [-0.2, -0.15) is 0 Å². The van der Waals surface area contributed by atoms with Gasteiger partial charge in [0.15, 0.2) is 11.5 Å². The van der Waals surface area contributed by atoms with E-state index in [0.717, 1.165) is 12.1 Å². The maximum atomic E-state index is 12.8. The molecule has 0 fully saturated rings. The van der Waals surface area contributed by atoms with Crippen LogP contribution in [0.2, 0.25) is 0 Å². The Morgan fingerprint density at radius 3 is 2.29 bits per heavy atom. The van der Waals surface area contributed by atoms with Gasteiger partial charge in [-0.25, -0.2) is 9.18 Å². The van der Waals surface area contributed by atoms with Gasteiger partial charge in [-0.3, -0.25) is 4.79 Å². The Balaban J connectivity index is 0.00000392. The summed E-state index contributed by atoms with van der Waals surface area (Å²) >= 11 is 0. The maximum Gasteiger partial charge on any atom is 0.338 e. The second-order valence-electron chi connectivity index (χ2n) is 6.21. The van der Waals surface area contributed by atoms with E-state index in [9.17, 15) is 29.3 Å². The van der Waals surface area contributed by atoms with Gasteiger partial charge in [0.2, 0.25) is 0 Å². The number of carbonyl (C=O) groups is 2. The van der Waals surface area contributed by atoms with E-state index in [-0.39, 0.29) is 55.3 Å². The standard InChI is InChI=1S/C19H20FNO6.ClH/c20-14-5-3-13(4-6-14)17(24)27-9-1-8-19(21,18(25)26)11-12-2-7-15(22)16(23)10-12;/h2-7,10,22-23H,1,8-9,11,21H2,(H,25,26);1H/t19-;/m0./s1. The number of carboxylic acid groups (broad SMARTS) is 1. The average molecular weight is 414 g/mol. The van der Waals surface area contributed by atoms with Crippen molar-refractivity contribution in [3.63, 3.8) is 0 Å². The third kappa shape index (κ3) is 6.11. The molecule has 0 aromatic heterocycles. The van der Waals surface area contributed by atoms with E-state index in [1.54, 1.807) is 0 Å². The number of phenolic OH excluding ortho intramolecular Hbond substituents is 2. The van der Waals surface area contributed by atoms with E-state index in [1.165, 1.54) is 30.3 Å². The van der Waals surface area contributed by atoms with Gasteiger partial charge in [-0.15, -0.1) is 12.4 Å². The van der Waals surface area contributed by atoms with Gasteiger partial charge in [-0.05, 0) is 54.8 Å².